The molecule has 2 rings (SSSR count). The molecule has 100 valence electrons. The van der Waals surface area contributed by atoms with Crippen LogP contribution in [0.1, 0.15) is 37.9 Å². The van der Waals surface area contributed by atoms with Crippen molar-refractivity contribution in [2.75, 3.05) is 18.0 Å². The predicted octanol–water partition coefficient (Wildman–Crippen LogP) is 2.72. The Morgan fingerprint density at radius 2 is 2.06 bits per heavy atom. The van der Waals surface area contributed by atoms with Crippen LogP contribution < -0.4 is 10.6 Å². The van der Waals surface area contributed by atoms with Gasteiger partial charge in [0.15, 0.2) is 0 Å². The van der Waals surface area contributed by atoms with E-state index in [-0.39, 0.29) is 0 Å². The minimum absolute atomic E-state index is 0.576. The van der Waals surface area contributed by atoms with Crippen LogP contribution in [0.3, 0.4) is 0 Å². The third-order valence-corrected chi connectivity index (χ3v) is 4.14. The van der Waals surface area contributed by atoms with Gasteiger partial charge in [-0.25, -0.2) is 0 Å². The highest BCUT2D eigenvalue weighted by Gasteiger charge is 2.22. The van der Waals surface area contributed by atoms with Crippen LogP contribution in [0.4, 0.5) is 5.69 Å². The third kappa shape index (κ3) is 2.83. The van der Waals surface area contributed by atoms with Crippen LogP contribution in [0, 0.1) is 18.8 Å². The summed E-state index contributed by atoms with van der Waals surface area (Å²) in [6.45, 7) is 9.60. The fraction of sp³-hybridized carbons (Fsp3) is 0.667. The first-order valence-corrected chi connectivity index (χ1v) is 7.02. The van der Waals surface area contributed by atoms with Crippen molar-refractivity contribution in [1.82, 2.24) is 4.98 Å². The molecule has 0 amide bonds. The zero-order valence-electron chi connectivity index (χ0n) is 11.8. The normalized spacial score (nSPS) is 17.5. The van der Waals surface area contributed by atoms with Crippen molar-refractivity contribution >= 4 is 5.69 Å². The number of aromatic nitrogens is 1. The molecule has 0 aliphatic carbocycles. The van der Waals surface area contributed by atoms with Gasteiger partial charge < -0.3 is 10.6 Å². The summed E-state index contributed by atoms with van der Waals surface area (Å²) in [6, 6.07) is 2.18. The lowest BCUT2D eigenvalue weighted by molar-refractivity contribution is 0.311. The molecule has 0 aromatic carbocycles. The maximum Gasteiger partial charge on any atom is 0.0445 e. The fourth-order valence-corrected chi connectivity index (χ4v) is 2.83. The van der Waals surface area contributed by atoms with Gasteiger partial charge >= 0.3 is 0 Å². The van der Waals surface area contributed by atoms with E-state index in [1.807, 2.05) is 13.1 Å². The first-order chi connectivity index (χ1) is 8.61. The van der Waals surface area contributed by atoms with Gasteiger partial charge in [-0.15, -0.1) is 0 Å². The first-order valence-electron chi connectivity index (χ1n) is 7.02. The summed E-state index contributed by atoms with van der Waals surface area (Å²) in [5, 5.41) is 0. The molecule has 2 heterocycles. The van der Waals surface area contributed by atoms with Gasteiger partial charge in [0.25, 0.3) is 0 Å². The van der Waals surface area contributed by atoms with Crippen molar-refractivity contribution in [3.8, 4) is 0 Å². The molecule has 1 fully saturated rings. The second kappa shape index (κ2) is 5.70. The van der Waals surface area contributed by atoms with Crippen LogP contribution in [0.5, 0.6) is 0 Å². The molecule has 2 N–H and O–H groups in total. The van der Waals surface area contributed by atoms with Crippen LogP contribution in [-0.4, -0.2) is 18.1 Å². The highest BCUT2D eigenvalue weighted by atomic mass is 15.1. The fourth-order valence-electron chi connectivity index (χ4n) is 2.83. The Labute approximate surface area is 110 Å². The van der Waals surface area contributed by atoms with E-state index in [9.17, 15) is 0 Å². The summed E-state index contributed by atoms with van der Waals surface area (Å²) in [4.78, 5) is 6.82. The Balaban J connectivity index is 2.11. The second-order valence-electron chi connectivity index (χ2n) is 5.73. The summed E-state index contributed by atoms with van der Waals surface area (Å²) in [7, 11) is 0. The van der Waals surface area contributed by atoms with Gasteiger partial charge in [-0.05, 0) is 37.7 Å². The zero-order valence-corrected chi connectivity index (χ0v) is 11.8. The van der Waals surface area contributed by atoms with Crippen molar-refractivity contribution < 1.29 is 0 Å². The summed E-state index contributed by atoms with van der Waals surface area (Å²) in [5.74, 6) is 1.69. The van der Waals surface area contributed by atoms with E-state index in [1.54, 1.807) is 0 Å². The van der Waals surface area contributed by atoms with Gasteiger partial charge in [-0.1, -0.05) is 13.8 Å². The van der Waals surface area contributed by atoms with E-state index >= 15 is 0 Å². The van der Waals surface area contributed by atoms with E-state index in [2.05, 4.69) is 29.8 Å². The molecule has 1 aliphatic rings. The first kappa shape index (κ1) is 13.3. The minimum Gasteiger partial charge on any atom is -0.371 e. The number of aryl methyl sites for hydroxylation is 1. The average molecular weight is 247 g/mol. The van der Waals surface area contributed by atoms with Gasteiger partial charge in [-0.2, -0.15) is 0 Å². The largest absolute Gasteiger partial charge is 0.371 e. The van der Waals surface area contributed by atoms with Crippen LogP contribution in [-0.2, 0) is 6.54 Å². The molecular weight excluding hydrogens is 222 g/mol. The lowest BCUT2D eigenvalue weighted by Gasteiger charge is -2.36. The SMILES string of the molecule is Cc1cc(N2CCC(C(C)C)CC2)c(CN)cn1. The number of nitrogens with zero attached hydrogens (tertiary/aromatic N) is 2. The molecule has 0 spiro atoms. The molecular formula is C15H25N3. The molecule has 18 heavy (non-hydrogen) atoms. The number of pyridine rings is 1. The number of nitrogens with two attached hydrogens (primary N) is 1. The smallest absolute Gasteiger partial charge is 0.0445 e. The Morgan fingerprint density at radius 3 is 2.61 bits per heavy atom. The van der Waals surface area contributed by atoms with Gasteiger partial charge in [0.1, 0.15) is 0 Å². The Bertz CT molecular complexity index is 393. The third-order valence-electron chi connectivity index (χ3n) is 4.14. The summed E-state index contributed by atoms with van der Waals surface area (Å²) in [6.07, 6.45) is 4.52. The highest BCUT2D eigenvalue weighted by molar-refractivity contribution is 5.53. The quantitative estimate of drug-likeness (QED) is 0.893. The molecule has 1 aromatic heterocycles. The molecule has 1 aromatic rings. The maximum absolute atomic E-state index is 5.82. The van der Waals surface area contributed by atoms with E-state index in [0.717, 1.165) is 30.6 Å². The summed E-state index contributed by atoms with van der Waals surface area (Å²) in [5.41, 5.74) is 9.36. The lowest BCUT2D eigenvalue weighted by atomic mass is 9.86. The molecule has 3 heteroatoms. The van der Waals surface area contributed by atoms with Gasteiger partial charge in [-0.3, -0.25) is 4.98 Å². The Hall–Kier alpha value is -1.09. The van der Waals surface area contributed by atoms with Crippen molar-refractivity contribution in [3.05, 3.63) is 23.5 Å². The Morgan fingerprint density at radius 1 is 1.39 bits per heavy atom. The van der Waals surface area contributed by atoms with Crippen LogP contribution in [0.15, 0.2) is 12.3 Å². The van der Waals surface area contributed by atoms with Crippen molar-refractivity contribution in [1.29, 1.82) is 0 Å². The molecule has 0 bridgehead atoms. The number of hydrogen-bond acceptors (Lipinski definition) is 3. The minimum atomic E-state index is 0.576. The topological polar surface area (TPSA) is 42.1 Å². The standard InChI is InChI=1S/C15H25N3/c1-11(2)13-4-6-18(7-5-13)15-8-12(3)17-10-14(15)9-16/h8,10-11,13H,4-7,9,16H2,1-3H3. The molecule has 1 aliphatic heterocycles. The van der Waals surface area contributed by atoms with E-state index in [1.165, 1.54) is 24.1 Å². The summed E-state index contributed by atoms with van der Waals surface area (Å²) < 4.78 is 0. The van der Waals surface area contributed by atoms with Crippen LogP contribution in [0.2, 0.25) is 0 Å². The van der Waals surface area contributed by atoms with Crippen LogP contribution >= 0.6 is 0 Å². The predicted molar refractivity (Wildman–Crippen MR) is 76.6 cm³/mol. The Kier molecular flexibility index (Phi) is 4.23. The molecule has 0 radical (unpaired) electrons. The number of piperidine rings is 1. The summed E-state index contributed by atoms with van der Waals surface area (Å²) >= 11 is 0. The van der Waals surface area contributed by atoms with Gasteiger partial charge in [0.05, 0.1) is 0 Å². The van der Waals surface area contributed by atoms with Gasteiger partial charge in [0, 0.05) is 42.8 Å². The average Bonchev–Trinajstić information content (AvgIpc) is 2.39. The van der Waals surface area contributed by atoms with Gasteiger partial charge in [0.2, 0.25) is 0 Å². The molecule has 0 saturated carbocycles. The number of anilines is 1. The van der Waals surface area contributed by atoms with Crippen LogP contribution in [0.25, 0.3) is 0 Å². The lowest BCUT2D eigenvalue weighted by Crippen LogP contribution is -2.36. The highest BCUT2D eigenvalue weighted by Crippen LogP contribution is 2.29. The molecule has 0 unspecified atom stereocenters. The molecule has 0 atom stereocenters. The molecule has 3 nitrogen and oxygen atoms in total. The number of hydrogen-bond donors (Lipinski definition) is 1. The zero-order chi connectivity index (χ0) is 13.1. The monoisotopic (exact) mass is 247 g/mol. The van der Waals surface area contributed by atoms with Crippen molar-refractivity contribution in [3.63, 3.8) is 0 Å². The second-order valence-corrected chi connectivity index (χ2v) is 5.73. The van der Waals surface area contributed by atoms with Crippen molar-refractivity contribution in [2.45, 2.75) is 40.2 Å². The van der Waals surface area contributed by atoms with E-state index in [4.69, 9.17) is 5.73 Å². The number of rotatable bonds is 3. The maximum atomic E-state index is 5.82. The van der Waals surface area contributed by atoms with E-state index in [0.29, 0.717) is 6.54 Å². The molecule has 1 saturated heterocycles. The van der Waals surface area contributed by atoms with Crippen molar-refractivity contribution in [2.24, 2.45) is 17.6 Å². The van der Waals surface area contributed by atoms with E-state index < -0.39 is 0 Å².